The Kier molecular flexibility index (Phi) is 5.13. The van der Waals surface area contributed by atoms with Crippen LogP contribution in [0.3, 0.4) is 0 Å². The maximum absolute atomic E-state index is 3.69. The SMILES string of the molecule is CCCNC1CCC(Sc2ccc(C)cc2)C1C. The molecule has 1 aliphatic rings. The van der Waals surface area contributed by atoms with E-state index in [4.69, 9.17) is 0 Å². The second kappa shape index (κ2) is 6.63. The molecule has 1 N–H and O–H groups in total. The van der Waals surface area contributed by atoms with Gasteiger partial charge in [0, 0.05) is 16.2 Å². The molecule has 1 saturated carbocycles. The van der Waals surface area contributed by atoms with Gasteiger partial charge >= 0.3 is 0 Å². The van der Waals surface area contributed by atoms with Gasteiger partial charge in [0.25, 0.3) is 0 Å². The summed E-state index contributed by atoms with van der Waals surface area (Å²) in [4.78, 5) is 1.42. The number of nitrogens with one attached hydrogen (secondary N) is 1. The van der Waals surface area contributed by atoms with E-state index in [1.165, 1.54) is 29.7 Å². The van der Waals surface area contributed by atoms with E-state index in [0.29, 0.717) is 0 Å². The molecular weight excluding hydrogens is 238 g/mol. The summed E-state index contributed by atoms with van der Waals surface area (Å²) in [6.45, 7) is 7.96. The Morgan fingerprint density at radius 1 is 1.22 bits per heavy atom. The summed E-state index contributed by atoms with van der Waals surface area (Å²) in [6, 6.07) is 9.69. The van der Waals surface area contributed by atoms with Crippen molar-refractivity contribution >= 4 is 11.8 Å². The third kappa shape index (κ3) is 3.52. The molecule has 3 unspecified atom stereocenters. The summed E-state index contributed by atoms with van der Waals surface area (Å²) in [5, 5.41) is 4.47. The van der Waals surface area contributed by atoms with Gasteiger partial charge in [0.2, 0.25) is 0 Å². The van der Waals surface area contributed by atoms with Gasteiger partial charge < -0.3 is 5.32 Å². The van der Waals surface area contributed by atoms with Crippen molar-refractivity contribution in [3.05, 3.63) is 29.8 Å². The normalized spacial score (nSPS) is 27.6. The number of benzene rings is 1. The van der Waals surface area contributed by atoms with Gasteiger partial charge in [-0.15, -0.1) is 11.8 Å². The van der Waals surface area contributed by atoms with E-state index in [-0.39, 0.29) is 0 Å². The van der Waals surface area contributed by atoms with Crippen LogP contribution in [0.5, 0.6) is 0 Å². The van der Waals surface area contributed by atoms with Gasteiger partial charge in [-0.2, -0.15) is 0 Å². The molecule has 3 atom stereocenters. The minimum atomic E-state index is 0.730. The molecule has 2 rings (SSSR count). The average molecular weight is 263 g/mol. The fraction of sp³-hybridized carbons (Fsp3) is 0.625. The molecule has 0 saturated heterocycles. The van der Waals surface area contributed by atoms with Crippen LogP contribution in [0.4, 0.5) is 0 Å². The van der Waals surface area contributed by atoms with Gasteiger partial charge in [0.1, 0.15) is 0 Å². The van der Waals surface area contributed by atoms with Gasteiger partial charge in [-0.3, -0.25) is 0 Å². The molecule has 0 amide bonds. The number of hydrogen-bond donors (Lipinski definition) is 1. The first-order chi connectivity index (χ1) is 8.70. The zero-order valence-corrected chi connectivity index (χ0v) is 12.6. The monoisotopic (exact) mass is 263 g/mol. The summed E-state index contributed by atoms with van der Waals surface area (Å²) < 4.78 is 0. The largest absolute Gasteiger partial charge is 0.314 e. The number of aryl methyl sites for hydroxylation is 1. The van der Waals surface area contributed by atoms with Gasteiger partial charge in [-0.05, 0) is 50.8 Å². The van der Waals surface area contributed by atoms with E-state index >= 15 is 0 Å². The Morgan fingerprint density at radius 3 is 2.61 bits per heavy atom. The number of rotatable bonds is 5. The van der Waals surface area contributed by atoms with Crippen LogP contribution in [0.2, 0.25) is 0 Å². The molecule has 0 spiro atoms. The first-order valence-electron chi connectivity index (χ1n) is 7.17. The molecule has 1 aromatic rings. The molecular formula is C16H25NS. The van der Waals surface area contributed by atoms with Crippen LogP contribution in [0, 0.1) is 12.8 Å². The molecule has 0 heterocycles. The minimum Gasteiger partial charge on any atom is -0.314 e. The van der Waals surface area contributed by atoms with Crippen LogP contribution >= 0.6 is 11.8 Å². The average Bonchev–Trinajstić information content (AvgIpc) is 2.71. The van der Waals surface area contributed by atoms with Crippen molar-refractivity contribution in [2.24, 2.45) is 5.92 Å². The first-order valence-corrected chi connectivity index (χ1v) is 8.05. The highest BCUT2D eigenvalue weighted by molar-refractivity contribution is 8.00. The molecule has 100 valence electrons. The molecule has 0 bridgehead atoms. The van der Waals surface area contributed by atoms with Crippen LogP contribution in [0.1, 0.15) is 38.7 Å². The van der Waals surface area contributed by atoms with E-state index in [9.17, 15) is 0 Å². The molecule has 1 nitrogen and oxygen atoms in total. The Labute approximate surface area is 116 Å². The van der Waals surface area contributed by atoms with E-state index in [1.54, 1.807) is 0 Å². The lowest BCUT2D eigenvalue weighted by Crippen LogP contribution is -2.33. The van der Waals surface area contributed by atoms with Crippen LogP contribution in [-0.4, -0.2) is 17.8 Å². The first kappa shape index (κ1) is 14.0. The molecule has 1 aliphatic carbocycles. The van der Waals surface area contributed by atoms with Gasteiger partial charge in [-0.25, -0.2) is 0 Å². The fourth-order valence-electron chi connectivity index (χ4n) is 2.70. The van der Waals surface area contributed by atoms with E-state index in [0.717, 1.165) is 23.8 Å². The molecule has 18 heavy (non-hydrogen) atoms. The maximum atomic E-state index is 3.69. The van der Waals surface area contributed by atoms with Crippen LogP contribution in [0.25, 0.3) is 0 Å². The molecule has 0 radical (unpaired) electrons. The highest BCUT2D eigenvalue weighted by Crippen LogP contribution is 2.38. The molecule has 0 aromatic heterocycles. The van der Waals surface area contributed by atoms with Crippen molar-refractivity contribution in [2.45, 2.75) is 56.2 Å². The third-order valence-corrected chi connectivity index (χ3v) is 5.46. The van der Waals surface area contributed by atoms with Crippen LogP contribution in [-0.2, 0) is 0 Å². The molecule has 1 fully saturated rings. The fourth-order valence-corrected chi connectivity index (χ4v) is 4.01. The Balaban J connectivity index is 1.89. The van der Waals surface area contributed by atoms with Crippen molar-refractivity contribution in [1.29, 1.82) is 0 Å². The summed E-state index contributed by atoms with van der Waals surface area (Å²) in [6.07, 6.45) is 3.92. The summed E-state index contributed by atoms with van der Waals surface area (Å²) in [5.74, 6) is 0.780. The molecule has 2 heteroatoms. The second-order valence-corrected chi connectivity index (χ2v) is 6.78. The predicted molar refractivity (Wildman–Crippen MR) is 81.3 cm³/mol. The maximum Gasteiger partial charge on any atom is 0.0135 e. The van der Waals surface area contributed by atoms with Crippen molar-refractivity contribution in [2.75, 3.05) is 6.54 Å². The van der Waals surface area contributed by atoms with Gasteiger partial charge in [0.15, 0.2) is 0 Å². The van der Waals surface area contributed by atoms with Gasteiger partial charge in [-0.1, -0.05) is 31.5 Å². The second-order valence-electron chi connectivity index (χ2n) is 5.47. The summed E-state index contributed by atoms with van der Waals surface area (Å²) in [5.41, 5.74) is 1.35. The zero-order valence-electron chi connectivity index (χ0n) is 11.8. The number of hydrogen-bond acceptors (Lipinski definition) is 2. The zero-order chi connectivity index (χ0) is 13.0. The lowest BCUT2D eigenvalue weighted by molar-refractivity contribution is 0.432. The Bertz CT molecular complexity index is 360. The lowest BCUT2D eigenvalue weighted by Gasteiger charge is -2.21. The summed E-state index contributed by atoms with van der Waals surface area (Å²) >= 11 is 2.07. The highest BCUT2D eigenvalue weighted by atomic mass is 32.2. The van der Waals surface area contributed by atoms with E-state index in [1.807, 2.05) is 0 Å². The van der Waals surface area contributed by atoms with Crippen molar-refractivity contribution in [1.82, 2.24) is 5.32 Å². The van der Waals surface area contributed by atoms with Crippen molar-refractivity contribution in [3.8, 4) is 0 Å². The number of thioether (sulfide) groups is 1. The summed E-state index contributed by atoms with van der Waals surface area (Å²) in [7, 11) is 0. The van der Waals surface area contributed by atoms with Crippen molar-refractivity contribution < 1.29 is 0 Å². The standard InChI is InChI=1S/C16H25NS/c1-4-11-17-15-9-10-16(13(15)3)18-14-7-5-12(2)6-8-14/h5-8,13,15-17H,4,9-11H2,1-3H3. The molecule has 0 aliphatic heterocycles. The third-order valence-electron chi connectivity index (χ3n) is 3.95. The Morgan fingerprint density at radius 2 is 1.94 bits per heavy atom. The van der Waals surface area contributed by atoms with Crippen molar-refractivity contribution in [3.63, 3.8) is 0 Å². The molecule has 1 aromatic carbocycles. The van der Waals surface area contributed by atoms with Crippen LogP contribution in [0.15, 0.2) is 29.2 Å². The Hall–Kier alpha value is -0.470. The van der Waals surface area contributed by atoms with Crippen LogP contribution < -0.4 is 5.32 Å². The van der Waals surface area contributed by atoms with E-state index < -0.39 is 0 Å². The topological polar surface area (TPSA) is 12.0 Å². The highest BCUT2D eigenvalue weighted by Gasteiger charge is 2.32. The smallest absolute Gasteiger partial charge is 0.0135 e. The van der Waals surface area contributed by atoms with Gasteiger partial charge in [0.05, 0.1) is 0 Å². The quantitative estimate of drug-likeness (QED) is 0.852. The van der Waals surface area contributed by atoms with E-state index in [2.05, 4.69) is 62.1 Å². The predicted octanol–water partition coefficient (Wildman–Crippen LogP) is 4.25. The lowest BCUT2D eigenvalue weighted by atomic mass is 10.1. The minimum absolute atomic E-state index is 0.730.